The van der Waals surface area contributed by atoms with E-state index in [1.807, 2.05) is 0 Å². The zero-order valence-electron chi connectivity index (χ0n) is 17.5. The molecule has 1 amide bonds. The number of nitrogens with one attached hydrogen (secondary N) is 1. The Morgan fingerprint density at radius 2 is 1.64 bits per heavy atom. The minimum atomic E-state index is -4.34. The Kier molecular flexibility index (Phi) is 7.01. The van der Waals surface area contributed by atoms with E-state index in [4.69, 9.17) is 0 Å². The first kappa shape index (κ1) is 23.3. The number of rotatable bonds is 6. The average Bonchev–Trinajstić information content (AvgIpc) is 3.25. The van der Waals surface area contributed by atoms with Gasteiger partial charge in [0, 0.05) is 38.4 Å². The second-order valence-corrected chi connectivity index (χ2v) is 8.77. The van der Waals surface area contributed by atoms with Gasteiger partial charge >= 0.3 is 6.18 Å². The maximum absolute atomic E-state index is 13.0. The molecule has 0 atom stereocenters. The van der Waals surface area contributed by atoms with Crippen molar-refractivity contribution in [1.82, 2.24) is 20.0 Å². The molecule has 1 N–H and O–H groups in total. The standard InChI is InChI=1S/C22H21F4N5OS/c23-17-4-6-18(7-5-17)27-20(32)21-29-28-19(33-21)14-31-10-8-30(9-11-31)13-15-2-1-3-16(12-15)22(24,25)26/h1-7,12H,8-11,13-14H2,(H,27,32). The first-order valence-electron chi connectivity index (χ1n) is 10.3. The maximum Gasteiger partial charge on any atom is 0.416 e. The van der Waals surface area contributed by atoms with E-state index in [1.54, 1.807) is 6.07 Å². The van der Waals surface area contributed by atoms with Crippen LogP contribution in [0, 0.1) is 5.82 Å². The van der Waals surface area contributed by atoms with Crippen molar-refractivity contribution < 1.29 is 22.4 Å². The summed E-state index contributed by atoms with van der Waals surface area (Å²) in [6.07, 6.45) is -4.34. The van der Waals surface area contributed by atoms with Crippen molar-refractivity contribution in [1.29, 1.82) is 0 Å². The number of anilines is 1. The monoisotopic (exact) mass is 479 g/mol. The molecule has 0 aliphatic carbocycles. The second kappa shape index (κ2) is 9.94. The van der Waals surface area contributed by atoms with Crippen molar-refractivity contribution in [3.63, 3.8) is 0 Å². The number of piperazine rings is 1. The van der Waals surface area contributed by atoms with Gasteiger partial charge in [0.25, 0.3) is 5.91 Å². The van der Waals surface area contributed by atoms with E-state index in [9.17, 15) is 22.4 Å². The molecule has 0 saturated carbocycles. The second-order valence-electron chi connectivity index (χ2n) is 7.71. The molecule has 1 fully saturated rings. The van der Waals surface area contributed by atoms with Gasteiger partial charge in [0.15, 0.2) is 0 Å². The van der Waals surface area contributed by atoms with E-state index in [0.29, 0.717) is 42.4 Å². The molecule has 0 bridgehead atoms. The Labute approximate surface area is 191 Å². The Balaban J connectivity index is 1.26. The molecule has 1 aliphatic rings. The van der Waals surface area contributed by atoms with Gasteiger partial charge in [0.2, 0.25) is 5.01 Å². The maximum atomic E-state index is 13.0. The van der Waals surface area contributed by atoms with E-state index in [-0.39, 0.29) is 10.8 Å². The number of aromatic nitrogens is 2. The molecule has 0 unspecified atom stereocenters. The van der Waals surface area contributed by atoms with Gasteiger partial charge in [-0.05, 0) is 35.9 Å². The molecule has 11 heteroatoms. The summed E-state index contributed by atoms with van der Waals surface area (Å²) < 4.78 is 51.7. The number of hydrogen-bond acceptors (Lipinski definition) is 6. The third kappa shape index (κ3) is 6.34. The summed E-state index contributed by atoms with van der Waals surface area (Å²) in [5.74, 6) is -0.794. The van der Waals surface area contributed by atoms with Crippen LogP contribution in [0.15, 0.2) is 48.5 Å². The van der Waals surface area contributed by atoms with Crippen LogP contribution in [0.2, 0.25) is 0 Å². The van der Waals surface area contributed by atoms with Crippen LogP contribution in [-0.2, 0) is 19.3 Å². The van der Waals surface area contributed by atoms with E-state index in [2.05, 4.69) is 25.3 Å². The largest absolute Gasteiger partial charge is 0.416 e. The number of benzene rings is 2. The summed E-state index contributed by atoms with van der Waals surface area (Å²) in [6.45, 7) is 3.90. The Morgan fingerprint density at radius 1 is 0.970 bits per heavy atom. The molecule has 1 aromatic heterocycles. The van der Waals surface area contributed by atoms with Crippen LogP contribution in [0.25, 0.3) is 0 Å². The molecule has 2 aromatic carbocycles. The van der Waals surface area contributed by atoms with Crippen molar-refractivity contribution >= 4 is 22.9 Å². The lowest BCUT2D eigenvalue weighted by Crippen LogP contribution is -2.45. The van der Waals surface area contributed by atoms with Crippen molar-refractivity contribution in [2.24, 2.45) is 0 Å². The highest BCUT2D eigenvalue weighted by atomic mass is 32.1. The van der Waals surface area contributed by atoms with Crippen LogP contribution in [0.3, 0.4) is 0 Å². The smallest absolute Gasteiger partial charge is 0.320 e. The van der Waals surface area contributed by atoms with Gasteiger partial charge in [-0.3, -0.25) is 14.6 Å². The number of carbonyl (C=O) groups excluding carboxylic acids is 1. The summed E-state index contributed by atoms with van der Waals surface area (Å²) in [7, 11) is 0. The van der Waals surface area contributed by atoms with Crippen molar-refractivity contribution in [3.8, 4) is 0 Å². The van der Waals surface area contributed by atoms with Crippen LogP contribution in [0.5, 0.6) is 0 Å². The summed E-state index contributed by atoms with van der Waals surface area (Å²) in [5, 5.41) is 11.6. The predicted molar refractivity (Wildman–Crippen MR) is 116 cm³/mol. The third-order valence-corrected chi connectivity index (χ3v) is 6.15. The topological polar surface area (TPSA) is 61.4 Å². The molecule has 1 aliphatic heterocycles. The normalized spacial score (nSPS) is 15.5. The fourth-order valence-corrected chi connectivity index (χ4v) is 4.31. The number of alkyl halides is 3. The quantitative estimate of drug-likeness (QED) is 0.536. The van der Waals surface area contributed by atoms with E-state index in [0.717, 1.165) is 19.2 Å². The summed E-state index contributed by atoms with van der Waals surface area (Å²) in [5.41, 5.74) is 0.475. The average molecular weight is 480 g/mol. The van der Waals surface area contributed by atoms with Gasteiger partial charge < -0.3 is 5.32 Å². The molecule has 0 radical (unpaired) electrons. The highest BCUT2D eigenvalue weighted by molar-refractivity contribution is 7.13. The Morgan fingerprint density at radius 3 is 2.30 bits per heavy atom. The van der Waals surface area contributed by atoms with Gasteiger partial charge in [0.1, 0.15) is 10.8 Å². The summed E-state index contributed by atoms with van der Waals surface area (Å²) in [6, 6.07) is 10.9. The van der Waals surface area contributed by atoms with Crippen molar-refractivity contribution in [3.05, 3.63) is 75.5 Å². The van der Waals surface area contributed by atoms with Gasteiger partial charge in [0.05, 0.1) is 12.1 Å². The molecular weight excluding hydrogens is 458 g/mol. The minimum absolute atomic E-state index is 0.220. The van der Waals surface area contributed by atoms with Crippen LogP contribution in [0.1, 0.15) is 25.9 Å². The summed E-state index contributed by atoms with van der Waals surface area (Å²) >= 11 is 1.19. The van der Waals surface area contributed by atoms with Gasteiger partial charge in [-0.1, -0.05) is 29.5 Å². The van der Waals surface area contributed by atoms with Gasteiger partial charge in [-0.25, -0.2) is 4.39 Å². The Hall–Kier alpha value is -2.89. The van der Waals surface area contributed by atoms with Crippen LogP contribution in [0.4, 0.5) is 23.2 Å². The number of hydrogen-bond donors (Lipinski definition) is 1. The zero-order chi connectivity index (χ0) is 23.4. The number of amides is 1. The molecule has 174 valence electrons. The molecule has 2 heterocycles. The van der Waals surface area contributed by atoms with Crippen molar-refractivity contribution in [2.45, 2.75) is 19.3 Å². The first-order chi connectivity index (χ1) is 15.8. The van der Waals surface area contributed by atoms with E-state index in [1.165, 1.54) is 47.7 Å². The molecule has 33 heavy (non-hydrogen) atoms. The van der Waals surface area contributed by atoms with E-state index >= 15 is 0 Å². The molecule has 3 aromatic rings. The lowest BCUT2D eigenvalue weighted by atomic mass is 10.1. The van der Waals surface area contributed by atoms with Crippen LogP contribution in [-0.4, -0.2) is 52.1 Å². The summed E-state index contributed by atoms with van der Waals surface area (Å²) in [4.78, 5) is 16.6. The van der Waals surface area contributed by atoms with Crippen LogP contribution < -0.4 is 5.32 Å². The minimum Gasteiger partial charge on any atom is -0.320 e. The fraction of sp³-hybridized carbons (Fsp3) is 0.318. The van der Waals surface area contributed by atoms with Crippen LogP contribution >= 0.6 is 11.3 Å². The highest BCUT2D eigenvalue weighted by Crippen LogP contribution is 2.29. The number of carbonyl (C=O) groups is 1. The molecule has 1 saturated heterocycles. The third-order valence-electron chi connectivity index (χ3n) is 5.25. The Bertz CT molecular complexity index is 1090. The molecule has 4 rings (SSSR count). The number of nitrogens with zero attached hydrogens (tertiary/aromatic N) is 4. The highest BCUT2D eigenvalue weighted by Gasteiger charge is 2.30. The lowest BCUT2D eigenvalue weighted by molar-refractivity contribution is -0.137. The predicted octanol–water partition coefficient (Wildman–Crippen LogP) is 4.27. The first-order valence-corrected chi connectivity index (χ1v) is 11.1. The fourth-order valence-electron chi connectivity index (χ4n) is 3.53. The molecule has 0 spiro atoms. The SMILES string of the molecule is O=C(Nc1ccc(F)cc1)c1nnc(CN2CCN(Cc3cccc(C(F)(F)F)c3)CC2)s1. The zero-order valence-corrected chi connectivity index (χ0v) is 18.3. The van der Waals surface area contributed by atoms with Gasteiger partial charge in [-0.15, -0.1) is 10.2 Å². The van der Waals surface area contributed by atoms with E-state index < -0.39 is 17.6 Å². The van der Waals surface area contributed by atoms with Gasteiger partial charge in [-0.2, -0.15) is 13.2 Å². The molecular formula is C22H21F4N5OS. The lowest BCUT2D eigenvalue weighted by Gasteiger charge is -2.34. The van der Waals surface area contributed by atoms with Crippen molar-refractivity contribution in [2.75, 3.05) is 31.5 Å². The molecule has 6 nitrogen and oxygen atoms in total. The number of halogens is 4.